The van der Waals surface area contributed by atoms with Gasteiger partial charge in [-0.3, -0.25) is 4.79 Å². The zero-order valence-corrected chi connectivity index (χ0v) is 14.5. The van der Waals surface area contributed by atoms with Crippen LogP contribution in [0.4, 0.5) is 17.6 Å². The molecule has 26 heavy (non-hydrogen) atoms. The molecule has 0 saturated carbocycles. The maximum atomic E-state index is 13.7. The highest BCUT2D eigenvalue weighted by Crippen LogP contribution is 2.44. The second kappa shape index (κ2) is 6.60. The molecule has 0 amide bonds. The highest BCUT2D eigenvalue weighted by atomic mass is 32.1. The number of rotatable bonds is 3. The smallest absolute Gasteiger partial charge is 0.363 e. The van der Waals surface area contributed by atoms with E-state index in [2.05, 4.69) is 5.32 Å². The number of aliphatic hydroxyl groups is 1. The van der Waals surface area contributed by atoms with Crippen LogP contribution in [0.1, 0.15) is 21.3 Å². The SMILES string of the molecule is O=C(c1cccs1)[C@H]1[C@H](c2ccc(F)cc2)NC(=S)N[C@@]1(O)C(F)(F)F. The summed E-state index contributed by atoms with van der Waals surface area (Å²) < 4.78 is 54.3. The van der Waals surface area contributed by atoms with E-state index in [1.165, 1.54) is 24.3 Å². The van der Waals surface area contributed by atoms with Crippen LogP contribution in [0.25, 0.3) is 0 Å². The molecule has 4 nitrogen and oxygen atoms in total. The highest BCUT2D eigenvalue weighted by Gasteiger charge is 2.65. The molecular weight excluding hydrogens is 392 g/mol. The minimum Gasteiger partial charge on any atom is -0.363 e. The fourth-order valence-corrected chi connectivity index (χ4v) is 3.85. The largest absolute Gasteiger partial charge is 0.437 e. The first-order chi connectivity index (χ1) is 12.1. The van der Waals surface area contributed by atoms with E-state index in [0.29, 0.717) is 0 Å². The van der Waals surface area contributed by atoms with Crippen molar-refractivity contribution in [2.75, 3.05) is 0 Å². The van der Waals surface area contributed by atoms with Crippen molar-refractivity contribution in [2.24, 2.45) is 5.92 Å². The zero-order valence-electron chi connectivity index (χ0n) is 12.9. The molecule has 2 heterocycles. The van der Waals surface area contributed by atoms with Gasteiger partial charge in [-0.2, -0.15) is 13.2 Å². The summed E-state index contributed by atoms with van der Waals surface area (Å²) >= 11 is 5.76. The summed E-state index contributed by atoms with van der Waals surface area (Å²) in [5.41, 5.74) is -3.39. The Morgan fingerprint density at radius 3 is 2.42 bits per heavy atom. The molecule has 1 aromatic carbocycles. The van der Waals surface area contributed by atoms with Crippen LogP contribution in [0.2, 0.25) is 0 Å². The molecule has 0 spiro atoms. The van der Waals surface area contributed by atoms with Crippen LogP contribution in [-0.2, 0) is 0 Å². The molecule has 1 aromatic heterocycles. The minimum absolute atomic E-state index is 0.0567. The summed E-state index contributed by atoms with van der Waals surface area (Å²) in [6.45, 7) is 0. The van der Waals surface area contributed by atoms with Gasteiger partial charge in [-0.25, -0.2) is 4.39 Å². The average Bonchev–Trinajstić information content (AvgIpc) is 3.08. The number of benzene rings is 1. The van der Waals surface area contributed by atoms with Gasteiger partial charge < -0.3 is 15.7 Å². The minimum atomic E-state index is -5.19. The van der Waals surface area contributed by atoms with E-state index in [9.17, 15) is 27.5 Å². The molecular formula is C16H12F4N2O2S2. The number of hydrogen-bond donors (Lipinski definition) is 3. The van der Waals surface area contributed by atoms with Crippen molar-refractivity contribution in [3.63, 3.8) is 0 Å². The van der Waals surface area contributed by atoms with E-state index in [1.54, 1.807) is 10.7 Å². The normalized spacial score (nSPS) is 26.1. The Labute approximate surface area is 154 Å². The Balaban J connectivity index is 2.14. The van der Waals surface area contributed by atoms with Gasteiger partial charge in [-0.05, 0) is 41.4 Å². The van der Waals surface area contributed by atoms with Gasteiger partial charge in [0, 0.05) is 0 Å². The molecule has 1 aliphatic rings. The van der Waals surface area contributed by atoms with Crippen LogP contribution in [0.15, 0.2) is 41.8 Å². The molecule has 1 saturated heterocycles. The third kappa shape index (κ3) is 3.19. The molecule has 0 radical (unpaired) electrons. The number of hydrogen-bond acceptors (Lipinski definition) is 4. The molecule has 1 aliphatic heterocycles. The fraction of sp³-hybridized carbons (Fsp3) is 0.250. The van der Waals surface area contributed by atoms with E-state index in [0.717, 1.165) is 23.5 Å². The van der Waals surface area contributed by atoms with Gasteiger partial charge in [-0.1, -0.05) is 18.2 Å². The van der Waals surface area contributed by atoms with Crippen LogP contribution < -0.4 is 10.6 Å². The summed E-state index contributed by atoms with van der Waals surface area (Å²) in [7, 11) is 0. The maximum absolute atomic E-state index is 13.7. The van der Waals surface area contributed by atoms with Crippen molar-refractivity contribution in [3.8, 4) is 0 Å². The van der Waals surface area contributed by atoms with Crippen molar-refractivity contribution in [2.45, 2.75) is 17.9 Å². The Bertz CT molecular complexity index is 824. The van der Waals surface area contributed by atoms with Crippen molar-refractivity contribution in [3.05, 3.63) is 58.0 Å². The number of thiocarbonyl (C=S) groups is 1. The predicted molar refractivity (Wildman–Crippen MR) is 91.2 cm³/mol. The molecule has 0 bridgehead atoms. The van der Waals surface area contributed by atoms with Crippen LogP contribution in [0, 0.1) is 11.7 Å². The van der Waals surface area contributed by atoms with E-state index >= 15 is 0 Å². The topological polar surface area (TPSA) is 61.4 Å². The second-order valence-corrected chi connectivity index (χ2v) is 7.07. The number of nitrogens with one attached hydrogen (secondary N) is 2. The Morgan fingerprint density at radius 2 is 1.88 bits per heavy atom. The number of Topliss-reactive ketones (excluding diaryl/α,β-unsaturated/α-hetero) is 1. The molecule has 10 heteroatoms. The first-order valence-corrected chi connectivity index (χ1v) is 8.63. The van der Waals surface area contributed by atoms with Crippen molar-refractivity contribution in [1.29, 1.82) is 0 Å². The number of carbonyl (C=O) groups excluding carboxylic acids is 1. The Hall–Kier alpha value is -2.04. The van der Waals surface area contributed by atoms with Crippen molar-refractivity contribution in [1.82, 2.24) is 10.6 Å². The summed E-state index contributed by atoms with van der Waals surface area (Å²) in [5.74, 6) is -3.47. The van der Waals surface area contributed by atoms with Gasteiger partial charge in [-0.15, -0.1) is 11.3 Å². The number of carbonyl (C=O) groups is 1. The Kier molecular flexibility index (Phi) is 4.76. The number of thiophene rings is 1. The number of alkyl halides is 3. The number of ketones is 1. The van der Waals surface area contributed by atoms with Crippen LogP contribution in [-0.4, -0.2) is 27.9 Å². The summed E-state index contributed by atoms with van der Waals surface area (Å²) in [5, 5.41) is 15.9. The van der Waals surface area contributed by atoms with Crippen LogP contribution in [0.5, 0.6) is 0 Å². The lowest BCUT2D eigenvalue weighted by Gasteiger charge is -2.46. The zero-order chi connectivity index (χ0) is 19.1. The van der Waals surface area contributed by atoms with E-state index < -0.39 is 40.6 Å². The standard InChI is InChI=1S/C16H12F4N2O2S2/c17-9-5-3-8(4-6-9)12-11(13(23)10-2-1-7-26-10)15(24,16(18,19)20)22-14(25)21-12/h1-7,11-12,24H,(H2,21,22,25)/t11-,12+,15+/m1/s1. The second-order valence-electron chi connectivity index (χ2n) is 5.71. The molecule has 3 rings (SSSR count). The van der Waals surface area contributed by atoms with Gasteiger partial charge in [0.05, 0.1) is 10.9 Å². The monoisotopic (exact) mass is 404 g/mol. The maximum Gasteiger partial charge on any atom is 0.437 e. The fourth-order valence-electron chi connectivity index (χ4n) is 2.86. The van der Waals surface area contributed by atoms with Crippen molar-refractivity contribution >= 4 is 34.5 Å². The van der Waals surface area contributed by atoms with Gasteiger partial charge >= 0.3 is 6.18 Å². The molecule has 3 N–H and O–H groups in total. The predicted octanol–water partition coefficient (Wildman–Crippen LogP) is 3.16. The van der Waals surface area contributed by atoms with Crippen molar-refractivity contribution < 1.29 is 27.5 Å². The summed E-state index contributed by atoms with van der Waals surface area (Å²) in [4.78, 5) is 12.9. The van der Waals surface area contributed by atoms with Gasteiger partial charge in [0.25, 0.3) is 0 Å². The third-order valence-corrected chi connectivity index (χ3v) is 5.19. The van der Waals surface area contributed by atoms with Gasteiger partial charge in [0.15, 0.2) is 10.9 Å². The first-order valence-electron chi connectivity index (χ1n) is 7.34. The lowest BCUT2D eigenvalue weighted by atomic mass is 9.79. The molecule has 138 valence electrons. The Morgan fingerprint density at radius 1 is 1.23 bits per heavy atom. The highest BCUT2D eigenvalue weighted by molar-refractivity contribution is 7.80. The molecule has 3 atom stereocenters. The van der Waals surface area contributed by atoms with Gasteiger partial charge in [0.2, 0.25) is 5.72 Å². The van der Waals surface area contributed by atoms with E-state index in [1.807, 2.05) is 0 Å². The van der Waals surface area contributed by atoms with E-state index in [4.69, 9.17) is 12.2 Å². The van der Waals surface area contributed by atoms with Crippen LogP contribution >= 0.6 is 23.6 Å². The van der Waals surface area contributed by atoms with Gasteiger partial charge in [0.1, 0.15) is 11.7 Å². The summed E-state index contributed by atoms with van der Waals surface area (Å²) in [6, 6.07) is 6.19. The summed E-state index contributed by atoms with van der Waals surface area (Å²) in [6.07, 6.45) is -5.19. The number of halogens is 4. The molecule has 1 fully saturated rings. The lowest BCUT2D eigenvalue weighted by molar-refractivity contribution is -0.285. The average molecular weight is 404 g/mol. The molecule has 2 aromatic rings. The van der Waals surface area contributed by atoms with Crippen LogP contribution in [0.3, 0.4) is 0 Å². The van der Waals surface area contributed by atoms with E-state index in [-0.39, 0.29) is 10.4 Å². The third-order valence-electron chi connectivity index (χ3n) is 4.08. The molecule has 0 unspecified atom stereocenters. The quantitative estimate of drug-likeness (QED) is 0.417. The molecule has 0 aliphatic carbocycles. The first kappa shape index (κ1) is 18.7. The lowest BCUT2D eigenvalue weighted by Crippen LogP contribution is -2.72.